The normalized spacial score (nSPS) is 12.9. The van der Waals surface area contributed by atoms with Crippen LogP contribution in [0, 0.1) is 0 Å². The second-order valence-electron chi connectivity index (χ2n) is 7.30. The molecule has 2 rings (SSSR count). The maximum absolute atomic E-state index is 13.3. The van der Waals surface area contributed by atoms with Crippen molar-refractivity contribution >= 4 is 46.6 Å². The average molecular weight is 470 g/mol. The first-order chi connectivity index (χ1) is 14.2. The molecule has 4 nitrogen and oxygen atoms in total. The van der Waals surface area contributed by atoms with Crippen molar-refractivity contribution in [1.82, 2.24) is 10.2 Å². The summed E-state index contributed by atoms with van der Waals surface area (Å²) >= 11 is 18.2. The molecule has 0 aromatic heterocycles. The largest absolute Gasteiger partial charge is 0.352 e. The first-order valence-electron chi connectivity index (χ1n) is 10.0. The lowest BCUT2D eigenvalue weighted by Gasteiger charge is -2.31. The van der Waals surface area contributed by atoms with Crippen LogP contribution < -0.4 is 5.32 Å². The van der Waals surface area contributed by atoms with E-state index in [1.54, 1.807) is 35.2 Å². The number of nitrogens with one attached hydrogen (secondary N) is 1. The molecule has 162 valence electrons. The Balaban J connectivity index is 2.31. The molecular formula is C23H27Cl3N2O2. The summed E-state index contributed by atoms with van der Waals surface area (Å²) in [6, 6.07) is 11.8. The van der Waals surface area contributed by atoms with E-state index in [-0.39, 0.29) is 24.3 Å². The number of halogens is 3. The van der Waals surface area contributed by atoms with E-state index in [2.05, 4.69) is 5.32 Å². The molecule has 0 aliphatic heterocycles. The van der Waals surface area contributed by atoms with Crippen LogP contribution >= 0.6 is 34.8 Å². The quantitative estimate of drug-likeness (QED) is 0.496. The van der Waals surface area contributed by atoms with Crippen molar-refractivity contribution in [3.05, 3.63) is 68.7 Å². The number of nitrogens with zero attached hydrogens (tertiary/aromatic N) is 1. The molecule has 0 fully saturated rings. The molecule has 0 heterocycles. The third-order valence-electron chi connectivity index (χ3n) is 5.01. The summed E-state index contributed by atoms with van der Waals surface area (Å²) in [5, 5.41) is 4.55. The van der Waals surface area contributed by atoms with E-state index in [4.69, 9.17) is 34.8 Å². The second kappa shape index (κ2) is 11.6. The van der Waals surface area contributed by atoms with Gasteiger partial charge in [-0.1, -0.05) is 66.8 Å². The molecule has 2 amide bonds. The van der Waals surface area contributed by atoms with E-state index in [1.807, 2.05) is 32.9 Å². The smallest absolute Gasteiger partial charge is 0.243 e. The van der Waals surface area contributed by atoms with Crippen molar-refractivity contribution in [3.8, 4) is 0 Å². The van der Waals surface area contributed by atoms with Gasteiger partial charge in [0.1, 0.15) is 6.04 Å². The summed E-state index contributed by atoms with van der Waals surface area (Å²) in [5.41, 5.74) is 1.56. The zero-order valence-electron chi connectivity index (χ0n) is 17.4. The molecule has 0 radical (unpaired) electrons. The van der Waals surface area contributed by atoms with Crippen molar-refractivity contribution in [1.29, 1.82) is 0 Å². The number of benzene rings is 2. The van der Waals surface area contributed by atoms with Crippen LogP contribution in [0.1, 0.15) is 44.7 Å². The number of hydrogen-bond donors (Lipinski definition) is 1. The van der Waals surface area contributed by atoms with Crippen LogP contribution in [-0.2, 0) is 22.6 Å². The zero-order valence-corrected chi connectivity index (χ0v) is 19.7. The van der Waals surface area contributed by atoms with Gasteiger partial charge in [-0.25, -0.2) is 0 Å². The van der Waals surface area contributed by atoms with Crippen molar-refractivity contribution < 1.29 is 9.59 Å². The summed E-state index contributed by atoms with van der Waals surface area (Å²) in [7, 11) is 0. The summed E-state index contributed by atoms with van der Waals surface area (Å²) in [5.74, 6) is -0.336. The van der Waals surface area contributed by atoms with Crippen LogP contribution in [-0.4, -0.2) is 28.8 Å². The Kier molecular flexibility index (Phi) is 9.47. The molecule has 0 saturated heterocycles. The Morgan fingerprint density at radius 3 is 2.17 bits per heavy atom. The highest BCUT2D eigenvalue weighted by atomic mass is 35.5. The van der Waals surface area contributed by atoms with Gasteiger partial charge in [-0.05, 0) is 55.2 Å². The Bertz CT molecular complexity index is 871. The van der Waals surface area contributed by atoms with Gasteiger partial charge < -0.3 is 10.2 Å². The molecule has 1 N–H and O–H groups in total. The monoisotopic (exact) mass is 468 g/mol. The molecule has 0 saturated carbocycles. The lowest BCUT2D eigenvalue weighted by molar-refractivity contribution is -0.141. The molecule has 2 atom stereocenters. The van der Waals surface area contributed by atoms with E-state index < -0.39 is 6.04 Å². The average Bonchev–Trinajstić information content (AvgIpc) is 2.71. The summed E-state index contributed by atoms with van der Waals surface area (Å²) < 4.78 is 0. The fraction of sp³-hybridized carbons (Fsp3) is 0.391. The van der Waals surface area contributed by atoms with Crippen LogP contribution in [0.15, 0.2) is 42.5 Å². The number of amides is 2. The molecule has 0 spiro atoms. The third kappa shape index (κ3) is 6.90. The number of hydrogen-bond acceptors (Lipinski definition) is 2. The predicted octanol–water partition coefficient (Wildman–Crippen LogP) is 5.91. The van der Waals surface area contributed by atoms with Gasteiger partial charge >= 0.3 is 0 Å². The van der Waals surface area contributed by atoms with E-state index in [0.717, 1.165) is 12.0 Å². The topological polar surface area (TPSA) is 49.4 Å². The second-order valence-corrected chi connectivity index (χ2v) is 8.58. The Morgan fingerprint density at radius 1 is 0.967 bits per heavy atom. The fourth-order valence-corrected chi connectivity index (χ4v) is 3.68. The van der Waals surface area contributed by atoms with Crippen molar-refractivity contribution in [2.45, 2.75) is 58.7 Å². The first kappa shape index (κ1) is 24.5. The minimum Gasteiger partial charge on any atom is -0.352 e. The van der Waals surface area contributed by atoms with E-state index in [9.17, 15) is 9.59 Å². The molecule has 0 unspecified atom stereocenters. The first-order valence-corrected chi connectivity index (χ1v) is 11.2. The van der Waals surface area contributed by atoms with Gasteiger partial charge in [0.2, 0.25) is 11.8 Å². The number of carbonyl (C=O) groups excluding carboxylic acids is 2. The maximum atomic E-state index is 13.3. The highest BCUT2D eigenvalue weighted by molar-refractivity contribution is 6.35. The standard InChI is InChI=1S/C23H27Cl3N2O2/c1-4-15(3)27-23(30)21(5-2)28(14-16-6-9-18(24)10-7-16)22(29)12-17-8-11-19(25)13-20(17)26/h6-11,13,15,21H,4-5,12,14H2,1-3H3,(H,27,30)/t15-,21+/m1/s1. The molecule has 0 aliphatic rings. The molecular weight excluding hydrogens is 443 g/mol. The van der Waals surface area contributed by atoms with E-state index in [1.165, 1.54) is 0 Å². The predicted molar refractivity (Wildman–Crippen MR) is 124 cm³/mol. The van der Waals surface area contributed by atoms with Gasteiger partial charge in [0.05, 0.1) is 6.42 Å². The highest BCUT2D eigenvalue weighted by Gasteiger charge is 2.29. The zero-order chi connectivity index (χ0) is 22.3. The third-order valence-corrected chi connectivity index (χ3v) is 5.85. The summed E-state index contributed by atoms with van der Waals surface area (Å²) in [4.78, 5) is 27.9. The maximum Gasteiger partial charge on any atom is 0.243 e. The molecule has 0 aliphatic carbocycles. The SMILES string of the molecule is CC[C@@H](C)NC(=O)[C@H](CC)N(Cc1ccc(Cl)cc1)C(=O)Cc1ccc(Cl)cc1Cl. The molecule has 0 bridgehead atoms. The molecule has 2 aromatic carbocycles. The Hall–Kier alpha value is -1.75. The number of carbonyl (C=O) groups is 2. The minimum absolute atomic E-state index is 0.0322. The van der Waals surface area contributed by atoms with Crippen LogP contribution in [0.25, 0.3) is 0 Å². The van der Waals surface area contributed by atoms with Gasteiger partial charge in [0, 0.05) is 27.7 Å². The van der Waals surface area contributed by atoms with Crippen molar-refractivity contribution in [2.75, 3.05) is 0 Å². The number of rotatable bonds is 9. The van der Waals surface area contributed by atoms with Gasteiger partial charge in [-0.2, -0.15) is 0 Å². The van der Waals surface area contributed by atoms with Gasteiger partial charge in [-0.3, -0.25) is 9.59 Å². The van der Waals surface area contributed by atoms with Gasteiger partial charge in [-0.15, -0.1) is 0 Å². The Morgan fingerprint density at radius 2 is 1.60 bits per heavy atom. The van der Waals surface area contributed by atoms with E-state index in [0.29, 0.717) is 33.6 Å². The molecule has 7 heteroatoms. The molecule has 30 heavy (non-hydrogen) atoms. The Labute approximate surface area is 193 Å². The van der Waals surface area contributed by atoms with Gasteiger partial charge in [0.25, 0.3) is 0 Å². The lowest BCUT2D eigenvalue weighted by atomic mass is 10.1. The molecule has 2 aromatic rings. The van der Waals surface area contributed by atoms with E-state index >= 15 is 0 Å². The van der Waals surface area contributed by atoms with Crippen molar-refractivity contribution in [2.24, 2.45) is 0 Å². The van der Waals surface area contributed by atoms with Crippen molar-refractivity contribution in [3.63, 3.8) is 0 Å². The fourth-order valence-electron chi connectivity index (χ4n) is 3.08. The van der Waals surface area contributed by atoms with Crippen LogP contribution in [0.3, 0.4) is 0 Å². The summed E-state index contributed by atoms with van der Waals surface area (Å²) in [6.45, 7) is 6.15. The van der Waals surface area contributed by atoms with Crippen LogP contribution in [0.2, 0.25) is 15.1 Å². The summed E-state index contributed by atoms with van der Waals surface area (Å²) in [6.07, 6.45) is 1.39. The van der Waals surface area contributed by atoms with Gasteiger partial charge in [0.15, 0.2) is 0 Å². The highest BCUT2D eigenvalue weighted by Crippen LogP contribution is 2.23. The lowest BCUT2D eigenvalue weighted by Crippen LogP contribution is -2.51. The minimum atomic E-state index is -0.590. The van der Waals surface area contributed by atoms with Crippen LogP contribution in [0.4, 0.5) is 0 Å². The van der Waals surface area contributed by atoms with Crippen LogP contribution in [0.5, 0.6) is 0 Å².